The first-order chi connectivity index (χ1) is 9.72. The summed E-state index contributed by atoms with van der Waals surface area (Å²) in [5.74, 6) is 1.63. The fraction of sp³-hybridized carbons (Fsp3) is 0.375. The zero-order chi connectivity index (χ0) is 13.9. The number of nitrogens with zero attached hydrogens (tertiary/aromatic N) is 2. The van der Waals surface area contributed by atoms with Crippen molar-refractivity contribution in [2.75, 3.05) is 6.54 Å². The Morgan fingerprint density at radius 3 is 3.00 bits per heavy atom. The molecule has 1 aliphatic rings. The van der Waals surface area contributed by atoms with E-state index in [0.29, 0.717) is 6.61 Å². The highest BCUT2D eigenvalue weighted by Gasteiger charge is 2.15. The molecule has 0 spiro atoms. The van der Waals surface area contributed by atoms with Gasteiger partial charge in [0, 0.05) is 30.8 Å². The minimum Gasteiger partial charge on any atom is -0.486 e. The third-order valence-corrected chi connectivity index (χ3v) is 3.54. The molecule has 0 saturated heterocycles. The van der Waals surface area contributed by atoms with Gasteiger partial charge in [-0.05, 0) is 31.5 Å². The second kappa shape index (κ2) is 5.59. The highest BCUT2D eigenvalue weighted by molar-refractivity contribution is 5.29. The van der Waals surface area contributed by atoms with Gasteiger partial charge in [0.2, 0.25) is 0 Å². The lowest BCUT2D eigenvalue weighted by atomic mass is 10.1. The topological polar surface area (TPSA) is 47.0 Å². The van der Waals surface area contributed by atoms with Crippen LogP contribution in [0.1, 0.15) is 28.3 Å². The van der Waals surface area contributed by atoms with Gasteiger partial charge in [0.25, 0.3) is 0 Å². The van der Waals surface area contributed by atoms with Crippen LogP contribution in [-0.2, 0) is 19.6 Å². The smallest absolute Gasteiger partial charge is 0.166 e. The minimum atomic E-state index is 0.422. The molecular formula is C16H19N3O. The molecule has 3 rings (SSSR count). The van der Waals surface area contributed by atoms with Gasteiger partial charge in [0.15, 0.2) is 5.82 Å². The first-order valence-electron chi connectivity index (χ1n) is 6.98. The third kappa shape index (κ3) is 2.80. The van der Waals surface area contributed by atoms with Crippen molar-refractivity contribution in [3.63, 3.8) is 0 Å². The molecule has 1 aromatic heterocycles. The zero-order valence-corrected chi connectivity index (χ0v) is 11.9. The molecule has 0 unspecified atom stereocenters. The molecule has 1 aromatic carbocycles. The van der Waals surface area contributed by atoms with Gasteiger partial charge in [-0.3, -0.25) is 0 Å². The molecule has 2 aromatic rings. The number of ether oxygens (including phenoxy) is 1. The Hall–Kier alpha value is -1.94. The normalized spacial score (nSPS) is 13.9. The van der Waals surface area contributed by atoms with Crippen LogP contribution in [0.2, 0.25) is 0 Å². The van der Waals surface area contributed by atoms with Crippen LogP contribution in [0, 0.1) is 13.8 Å². The van der Waals surface area contributed by atoms with E-state index in [-0.39, 0.29) is 0 Å². The molecule has 1 aliphatic heterocycles. The molecule has 0 fully saturated rings. The van der Waals surface area contributed by atoms with E-state index < -0.39 is 0 Å². The molecule has 1 N–H and O–H groups in total. The fourth-order valence-corrected chi connectivity index (χ4v) is 2.49. The van der Waals surface area contributed by atoms with Crippen LogP contribution in [-0.4, -0.2) is 16.5 Å². The van der Waals surface area contributed by atoms with Crippen molar-refractivity contribution in [3.8, 4) is 5.75 Å². The van der Waals surface area contributed by atoms with Gasteiger partial charge in [0.05, 0.1) is 5.69 Å². The average molecular weight is 269 g/mol. The third-order valence-electron chi connectivity index (χ3n) is 3.54. The van der Waals surface area contributed by atoms with Crippen molar-refractivity contribution in [1.29, 1.82) is 0 Å². The first kappa shape index (κ1) is 13.1. The lowest BCUT2D eigenvalue weighted by Gasteiger charge is -2.18. The highest BCUT2D eigenvalue weighted by atomic mass is 16.5. The van der Waals surface area contributed by atoms with Crippen molar-refractivity contribution in [1.82, 2.24) is 15.3 Å². The summed E-state index contributed by atoms with van der Waals surface area (Å²) in [4.78, 5) is 9.18. The quantitative estimate of drug-likeness (QED) is 0.929. The van der Waals surface area contributed by atoms with E-state index in [2.05, 4.69) is 28.3 Å². The van der Waals surface area contributed by atoms with Crippen LogP contribution in [0.25, 0.3) is 0 Å². The van der Waals surface area contributed by atoms with E-state index >= 15 is 0 Å². The molecule has 104 valence electrons. The summed E-state index contributed by atoms with van der Waals surface area (Å²) >= 11 is 0. The molecule has 0 atom stereocenters. The number of rotatable bonds is 3. The molecule has 20 heavy (non-hydrogen) atoms. The SMILES string of the molecule is Cc1cccc(OCc2nc(C)c3c(n2)CCNC3)c1. The number of benzene rings is 1. The van der Waals surface area contributed by atoms with E-state index in [4.69, 9.17) is 4.74 Å². The second-order valence-electron chi connectivity index (χ2n) is 5.18. The summed E-state index contributed by atoms with van der Waals surface area (Å²) in [7, 11) is 0. The number of hydrogen-bond donors (Lipinski definition) is 1. The Balaban J connectivity index is 1.76. The minimum absolute atomic E-state index is 0.422. The van der Waals surface area contributed by atoms with Crippen molar-refractivity contribution >= 4 is 0 Å². The van der Waals surface area contributed by atoms with Crippen LogP contribution < -0.4 is 10.1 Å². The van der Waals surface area contributed by atoms with E-state index in [1.54, 1.807) is 0 Å². The number of hydrogen-bond acceptors (Lipinski definition) is 4. The number of nitrogens with one attached hydrogen (secondary N) is 1. The van der Waals surface area contributed by atoms with E-state index in [1.165, 1.54) is 16.8 Å². The van der Waals surface area contributed by atoms with Gasteiger partial charge in [0.1, 0.15) is 12.4 Å². The van der Waals surface area contributed by atoms with Gasteiger partial charge in [-0.2, -0.15) is 0 Å². The Kier molecular flexibility index (Phi) is 3.65. The zero-order valence-electron chi connectivity index (χ0n) is 11.9. The second-order valence-corrected chi connectivity index (χ2v) is 5.18. The summed E-state index contributed by atoms with van der Waals surface area (Å²) < 4.78 is 5.78. The molecule has 0 aliphatic carbocycles. The number of aromatic nitrogens is 2. The standard InChI is InChI=1S/C16H19N3O/c1-11-4-3-5-13(8-11)20-10-16-18-12(2)14-9-17-7-6-15(14)19-16/h3-5,8,17H,6-7,9-10H2,1-2H3. The fourth-order valence-electron chi connectivity index (χ4n) is 2.49. The molecule has 2 heterocycles. The summed E-state index contributed by atoms with van der Waals surface area (Å²) in [6.45, 7) is 6.38. The molecule has 0 radical (unpaired) electrons. The highest BCUT2D eigenvalue weighted by Crippen LogP contribution is 2.17. The number of aryl methyl sites for hydroxylation is 2. The van der Waals surface area contributed by atoms with Crippen molar-refractivity contribution in [2.45, 2.75) is 33.4 Å². The Morgan fingerprint density at radius 2 is 2.15 bits per heavy atom. The largest absolute Gasteiger partial charge is 0.486 e. The molecule has 4 nitrogen and oxygen atoms in total. The Labute approximate surface area is 119 Å². The van der Waals surface area contributed by atoms with E-state index in [1.807, 2.05) is 25.1 Å². The molecular weight excluding hydrogens is 250 g/mol. The predicted octanol–water partition coefficient (Wildman–Crippen LogP) is 2.32. The van der Waals surface area contributed by atoms with Crippen LogP contribution in [0.15, 0.2) is 24.3 Å². The lowest BCUT2D eigenvalue weighted by Crippen LogP contribution is -2.26. The molecule has 0 amide bonds. The summed E-state index contributed by atoms with van der Waals surface area (Å²) in [5, 5.41) is 3.35. The van der Waals surface area contributed by atoms with Gasteiger partial charge < -0.3 is 10.1 Å². The van der Waals surface area contributed by atoms with Crippen molar-refractivity contribution < 1.29 is 4.74 Å². The van der Waals surface area contributed by atoms with Crippen LogP contribution in [0.3, 0.4) is 0 Å². The van der Waals surface area contributed by atoms with Gasteiger partial charge in [-0.25, -0.2) is 9.97 Å². The van der Waals surface area contributed by atoms with E-state index in [9.17, 15) is 0 Å². The van der Waals surface area contributed by atoms with Crippen molar-refractivity contribution in [3.05, 3.63) is 52.6 Å². The van der Waals surface area contributed by atoms with Gasteiger partial charge in [-0.1, -0.05) is 12.1 Å². The lowest BCUT2D eigenvalue weighted by molar-refractivity contribution is 0.294. The van der Waals surface area contributed by atoms with Gasteiger partial charge in [-0.15, -0.1) is 0 Å². The summed E-state index contributed by atoms with van der Waals surface area (Å²) in [6, 6.07) is 8.03. The maximum Gasteiger partial charge on any atom is 0.166 e. The van der Waals surface area contributed by atoms with Crippen LogP contribution >= 0.6 is 0 Å². The van der Waals surface area contributed by atoms with Crippen LogP contribution in [0.5, 0.6) is 5.75 Å². The van der Waals surface area contributed by atoms with Crippen LogP contribution in [0.4, 0.5) is 0 Å². The predicted molar refractivity (Wildman–Crippen MR) is 77.7 cm³/mol. The van der Waals surface area contributed by atoms with Crippen molar-refractivity contribution in [2.24, 2.45) is 0 Å². The molecule has 4 heteroatoms. The first-order valence-corrected chi connectivity index (χ1v) is 6.98. The van der Waals surface area contributed by atoms with E-state index in [0.717, 1.165) is 36.8 Å². The number of fused-ring (bicyclic) bond motifs is 1. The summed E-state index contributed by atoms with van der Waals surface area (Å²) in [6.07, 6.45) is 0.968. The average Bonchev–Trinajstić information content (AvgIpc) is 2.45. The maximum atomic E-state index is 5.78. The monoisotopic (exact) mass is 269 g/mol. The summed E-state index contributed by atoms with van der Waals surface area (Å²) in [5.41, 5.74) is 4.66. The Morgan fingerprint density at radius 1 is 1.25 bits per heavy atom. The molecule has 0 bridgehead atoms. The maximum absolute atomic E-state index is 5.78. The Bertz CT molecular complexity index is 625. The van der Waals surface area contributed by atoms with Gasteiger partial charge >= 0.3 is 0 Å². The molecule has 0 saturated carbocycles.